The van der Waals surface area contributed by atoms with Crippen LogP contribution in [0.4, 0.5) is 17.3 Å². The lowest BCUT2D eigenvalue weighted by Crippen LogP contribution is -2.44. The fourth-order valence-electron chi connectivity index (χ4n) is 5.88. The minimum atomic E-state index is -0.236. The van der Waals surface area contributed by atoms with E-state index in [0.717, 1.165) is 48.4 Å². The maximum atomic E-state index is 11.9. The number of likely N-dealkylation sites (N-methyl/N-ethyl adjacent to an activating group) is 1. The van der Waals surface area contributed by atoms with E-state index in [0.29, 0.717) is 23.9 Å². The van der Waals surface area contributed by atoms with Crippen LogP contribution >= 0.6 is 0 Å². The fraction of sp³-hybridized carbons (Fsp3) is 0.393. The van der Waals surface area contributed by atoms with Crippen molar-refractivity contribution in [2.24, 2.45) is 11.7 Å². The standard InChI is InChI=1S/C28H32N6O/c1-17-13-21(9-10-25(17)34-16-22-14-23(34)15-33(22)2)31-28-30-12-11-24(32-28)18-3-5-19(6-4-18)26(27(29)35)20-7-8-20/h3-6,9-13,20,22-23,26H,7-8,14-16H2,1-2H3,(H2,29,35)(H,30,31,32)/t22-,23-,26?/m0/s1. The summed E-state index contributed by atoms with van der Waals surface area (Å²) in [5.41, 5.74) is 12.0. The Labute approximate surface area is 206 Å². The van der Waals surface area contributed by atoms with Crippen molar-refractivity contribution in [2.45, 2.75) is 44.2 Å². The van der Waals surface area contributed by atoms with Gasteiger partial charge in [-0.1, -0.05) is 24.3 Å². The number of primary amides is 1. The van der Waals surface area contributed by atoms with Gasteiger partial charge in [-0.3, -0.25) is 9.69 Å². The first-order chi connectivity index (χ1) is 17.0. The van der Waals surface area contributed by atoms with E-state index in [2.05, 4.69) is 52.3 Å². The Morgan fingerprint density at radius 2 is 1.89 bits per heavy atom. The highest BCUT2D eigenvalue weighted by Crippen LogP contribution is 2.42. The molecule has 2 aliphatic heterocycles. The lowest BCUT2D eigenvalue weighted by Gasteiger charge is -2.34. The molecule has 0 radical (unpaired) electrons. The van der Waals surface area contributed by atoms with Crippen molar-refractivity contribution >= 4 is 23.2 Å². The van der Waals surface area contributed by atoms with Crippen LogP contribution in [0, 0.1) is 12.8 Å². The third-order valence-electron chi connectivity index (χ3n) is 7.90. The predicted octanol–water partition coefficient (Wildman–Crippen LogP) is 4.07. The first-order valence-corrected chi connectivity index (χ1v) is 12.5. The number of hydrogen-bond acceptors (Lipinski definition) is 6. The summed E-state index contributed by atoms with van der Waals surface area (Å²) in [6.07, 6.45) is 5.19. The molecule has 180 valence electrons. The fourth-order valence-corrected chi connectivity index (χ4v) is 5.88. The number of anilines is 3. The molecule has 3 aromatic rings. The van der Waals surface area contributed by atoms with E-state index >= 15 is 0 Å². The summed E-state index contributed by atoms with van der Waals surface area (Å²) >= 11 is 0. The second kappa shape index (κ2) is 8.64. The number of fused-ring (bicyclic) bond motifs is 2. The van der Waals surface area contributed by atoms with E-state index in [4.69, 9.17) is 10.7 Å². The molecule has 1 aliphatic carbocycles. The lowest BCUT2D eigenvalue weighted by molar-refractivity contribution is -0.119. The van der Waals surface area contributed by atoms with Gasteiger partial charge in [0.1, 0.15) is 0 Å². The number of aryl methyl sites for hydroxylation is 1. The first kappa shape index (κ1) is 22.0. The Balaban J connectivity index is 1.17. The second-order valence-corrected chi connectivity index (χ2v) is 10.4. The van der Waals surface area contributed by atoms with Crippen LogP contribution in [0.3, 0.4) is 0 Å². The zero-order chi connectivity index (χ0) is 24.1. The Morgan fingerprint density at radius 1 is 1.09 bits per heavy atom. The quantitative estimate of drug-likeness (QED) is 0.544. The molecule has 0 spiro atoms. The van der Waals surface area contributed by atoms with Gasteiger partial charge in [-0.2, -0.15) is 0 Å². The maximum absolute atomic E-state index is 11.9. The molecule has 1 aromatic heterocycles. The van der Waals surface area contributed by atoms with Crippen molar-refractivity contribution in [1.82, 2.24) is 14.9 Å². The first-order valence-electron chi connectivity index (χ1n) is 12.5. The summed E-state index contributed by atoms with van der Waals surface area (Å²) in [6, 6.07) is 17.7. The number of benzene rings is 2. The lowest BCUT2D eigenvalue weighted by atomic mass is 9.92. The van der Waals surface area contributed by atoms with Crippen LogP contribution in [0.2, 0.25) is 0 Å². The zero-order valence-electron chi connectivity index (χ0n) is 20.3. The predicted molar refractivity (Wildman–Crippen MR) is 139 cm³/mol. The number of nitrogens with two attached hydrogens (primary N) is 1. The van der Waals surface area contributed by atoms with E-state index in [1.54, 1.807) is 6.20 Å². The molecular weight excluding hydrogens is 436 g/mol. The Morgan fingerprint density at radius 3 is 2.51 bits per heavy atom. The van der Waals surface area contributed by atoms with Crippen molar-refractivity contribution < 1.29 is 4.79 Å². The van der Waals surface area contributed by atoms with Gasteiger partial charge in [-0.05, 0) is 74.5 Å². The number of likely N-dealkylation sites (tertiary alicyclic amines) is 1. The molecule has 3 aliphatic rings. The highest BCUT2D eigenvalue weighted by molar-refractivity contribution is 5.83. The van der Waals surface area contributed by atoms with E-state index in [1.807, 2.05) is 30.3 Å². The Hall–Kier alpha value is -3.45. The van der Waals surface area contributed by atoms with Gasteiger partial charge >= 0.3 is 0 Å². The molecule has 3 fully saturated rings. The van der Waals surface area contributed by atoms with Crippen molar-refractivity contribution in [1.29, 1.82) is 0 Å². The van der Waals surface area contributed by atoms with Gasteiger partial charge in [-0.15, -0.1) is 0 Å². The van der Waals surface area contributed by atoms with Crippen LogP contribution in [-0.2, 0) is 4.79 Å². The largest absolute Gasteiger partial charge is 0.369 e. The van der Waals surface area contributed by atoms with Gasteiger partial charge in [0.05, 0.1) is 11.6 Å². The molecular formula is C28H32N6O. The normalized spacial score (nSPS) is 22.4. The Kier molecular flexibility index (Phi) is 5.44. The van der Waals surface area contributed by atoms with Crippen molar-refractivity contribution in [2.75, 3.05) is 30.4 Å². The molecule has 7 nitrogen and oxygen atoms in total. The average molecular weight is 469 g/mol. The Bertz CT molecular complexity index is 1250. The number of aromatic nitrogens is 2. The molecule has 1 saturated carbocycles. The van der Waals surface area contributed by atoms with E-state index in [1.165, 1.54) is 17.7 Å². The number of nitrogens with zero attached hydrogens (tertiary/aromatic N) is 4. The van der Waals surface area contributed by atoms with Gasteiger partial charge in [0.25, 0.3) is 0 Å². The number of rotatable bonds is 7. The van der Waals surface area contributed by atoms with E-state index < -0.39 is 0 Å². The highest BCUT2D eigenvalue weighted by atomic mass is 16.1. The molecule has 1 unspecified atom stereocenters. The summed E-state index contributed by atoms with van der Waals surface area (Å²) in [4.78, 5) is 26.1. The molecule has 7 heteroatoms. The summed E-state index contributed by atoms with van der Waals surface area (Å²) in [5.74, 6) is 0.535. The molecule has 3 N–H and O–H groups in total. The van der Waals surface area contributed by atoms with Crippen molar-refractivity contribution in [3.63, 3.8) is 0 Å². The summed E-state index contributed by atoms with van der Waals surface area (Å²) in [5, 5.41) is 3.37. The van der Waals surface area contributed by atoms with Gasteiger partial charge < -0.3 is 16.0 Å². The van der Waals surface area contributed by atoms with Crippen LogP contribution < -0.4 is 16.0 Å². The number of carbonyl (C=O) groups is 1. The van der Waals surface area contributed by atoms with Gasteiger partial charge in [-0.25, -0.2) is 9.97 Å². The molecule has 35 heavy (non-hydrogen) atoms. The molecule has 6 rings (SSSR count). The van der Waals surface area contributed by atoms with Gasteiger partial charge in [0.2, 0.25) is 11.9 Å². The van der Waals surface area contributed by atoms with Crippen molar-refractivity contribution in [3.05, 3.63) is 65.9 Å². The van der Waals surface area contributed by atoms with E-state index in [9.17, 15) is 4.79 Å². The molecule has 1 amide bonds. The number of nitrogens with one attached hydrogen (secondary N) is 1. The molecule has 2 saturated heterocycles. The topological polar surface area (TPSA) is 87.4 Å². The molecule has 3 atom stereocenters. The third kappa shape index (κ3) is 4.25. The second-order valence-electron chi connectivity index (χ2n) is 10.4. The van der Waals surface area contributed by atoms with Crippen LogP contribution in [0.5, 0.6) is 0 Å². The smallest absolute Gasteiger partial charge is 0.227 e. The maximum Gasteiger partial charge on any atom is 0.227 e. The van der Waals surface area contributed by atoms with E-state index in [-0.39, 0.29) is 11.8 Å². The third-order valence-corrected chi connectivity index (χ3v) is 7.90. The molecule has 3 heterocycles. The minimum absolute atomic E-state index is 0.186. The minimum Gasteiger partial charge on any atom is -0.369 e. The van der Waals surface area contributed by atoms with Crippen LogP contribution in [0.25, 0.3) is 11.3 Å². The number of carbonyl (C=O) groups excluding carboxylic acids is 1. The average Bonchev–Trinajstić information content (AvgIpc) is 3.48. The van der Waals surface area contributed by atoms with Crippen LogP contribution in [0.15, 0.2) is 54.7 Å². The number of hydrogen-bond donors (Lipinski definition) is 2. The summed E-state index contributed by atoms with van der Waals surface area (Å²) in [6.45, 7) is 4.44. The number of amides is 1. The summed E-state index contributed by atoms with van der Waals surface area (Å²) < 4.78 is 0. The van der Waals surface area contributed by atoms with Crippen LogP contribution in [0.1, 0.15) is 36.3 Å². The number of piperazine rings is 1. The SMILES string of the molecule is Cc1cc(Nc2nccc(-c3ccc(C(C(N)=O)C4CC4)cc3)n2)ccc1N1C[C@@H]2C[C@H]1CN2C. The zero-order valence-corrected chi connectivity index (χ0v) is 20.3. The highest BCUT2D eigenvalue weighted by Gasteiger charge is 2.41. The van der Waals surface area contributed by atoms with Crippen LogP contribution in [-0.4, -0.2) is 53.0 Å². The summed E-state index contributed by atoms with van der Waals surface area (Å²) in [7, 11) is 2.23. The molecule has 2 aromatic carbocycles. The van der Waals surface area contributed by atoms with Gasteiger partial charge in [0.15, 0.2) is 0 Å². The molecule has 2 bridgehead atoms. The van der Waals surface area contributed by atoms with Gasteiger partial charge in [0, 0.05) is 48.3 Å². The van der Waals surface area contributed by atoms with Crippen molar-refractivity contribution in [3.8, 4) is 11.3 Å². The monoisotopic (exact) mass is 468 g/mol.